The quantitative estimate of drug-likeness (QED) is 0.908. The van der Waals surface area contributed by atoms with Crippen LogP contribution in [0.1, 0.15) is 31.0 Å². The van der Waals surface area contributed by atoms with Crippen LogP contribution >= 0.6 is 0 Å². The second-order valence-corrected chi connectivity index (χ2v) is 5.90. The average Bonchev–Trinajstić information content (AvgIpc) is 2.47. The van der Waals surface area contributed by atoms with E-state index in [-0.39, 0.29) is 11.9 Å². The zero-order valence-corrected chi connectivity index (χ0v) is 12.9. The lowest BCUT2D eigenvalue weighted by Gasteiger charge is -2.34. The predicted octanol–water partition coefficient (Wildman–Crippen LogP) is 3.69. The Morgan fingerprint density at radius 3 is 2.29 bits per heavy atom. The van der Waals surface area contributed by atoms with Gasteiger partial charge in [0.15, 0.2) is 0 Å². The van der Waals surface area contributed by atoms with Crippen molar-refractivity contribution in [1.29, 1.82) is 0 Å². The Labute approximate surface area is 126 Å². The molecule has 0 aromatic heterocycles. The van der Waals surface area contributed by atoms with Gasteiger partial charge in [0.05, 0.1) is 5.54 Å². The van der Waals surface area contributed by atoms with Gasteiger partial charge in [-0.15, -0.1) is 0 Å². The molecule has 0 amide bonds. The largest absolute Gasteiger partial charge is 0.321 e. The second kappa shape index (κ2) is 6.37. The molecule has 2 rings (SSSR count). The number of benzene rings is 2. The molecular weight excluding hydrogens is 263 g/mol. The molecule has 0 radical (unpaired) electrons. The van der Waals surface area contributed by atoms with Gasteiger partial charge in [-0.3, -0.25) is 4.90 Å². The van der Waals surface area contributed by atoms with E-state index in [1.165, 1.54) is 6.07 Å². The Balaban J connectivity index is 2.14. The summed E-state index contributed by atoms with van der Waals surface area (Å²) in [5.74, 6) is -0.171. The maximum atomic E-state index is 13.9. The third-order valence-electron chi connectivity index (χ3n) is 4.03. The molecule has 2 aromatic carbocycles. The molecule has 0 saturated carbocycles. The molecule has 21 heavy (non-hydrogen) atoms. The topological polar surface area (TPSA) is 29.3 Å². The maximum absolute atomic E-state index is 13.9. The molecule has 2 unspecified atom stereocenters. The molecule has 2 aromatic rings. The van der Waals surface area contributed by atoms with Crippen molar-refractivity contribution >= 4 is 0 Å². The van der Waals surface area contributed by atoms with E-state index < -0.39 is 5.54 Å². The van der Waals surface area contributed by atoms with Crippen molar-refractivity contribution in [2.24, 2.45) is 5.73 Å². The smallest absolute Gasteiger partial charge is 0.127 e. The highest BCUT2D eigenvalue weighted by atomic mass is 19.1. The molecule has 0 bridgehead atoms. The van der Waals surface area contributed by atoms with Crippen LogP contribution in [-0.4, -0.2) is 18.5 Å². The Bertz CT molecular complexity index is 581. The molecule has 0 aliphatic rings. The van der Waals surface area contributed by atoms with Gasteiger partial charge in [0.2, 0.25) is 0 Å². The van der Waals surface area contributed by atoms with Gasteiger partial charge in [-0.1, -0.05) is 48.5 Å². The van der Waals surface area contributed by atoms with E-state index in [1.54, 1.807) is 6.07 Å². The molecule has 2 N–H and O–H groups in total. The van der Waals surface area contributed by atoms with E-state index in [4.69, 9.17) is 5.73 Å². The van der Waals surface area contributed by atoms with Crippen molar-refractivity contribution < 1.29 is 4.39 Å². The SMILES string of the molecule is CC(c1ccccc1F)N(C)CC(C)(N)c1ccccc1. The van der Waals surface area contributed by atoms with Crippen LogP contribution in [0.15, 0.2) is 54.6 Å². The van der Waals surface area contributed by atoms with Crippen molar-refractivity contribution in [3.63, 3.8) is 0 Å². The van der Waals surface area contributed by atoms with Gasteiger partial charge in [-0.2, -0.15) is 0 Å². The average molecular weight is 286 g/mol. The summed E-state index contributed by atoms with van der Waals surface area (Å²) < 4.78 is 13.9. The van der Waals surface area contributed by atoms with E-state index in [1.807, 2.05) is 63.4 Å². The number of hydrogen-bond acceptors (Lipinski definition) is 2. The van der Waals surface area contributed by atoms with E-state index in [0.29, 0.717) is 12.1 Å². The van der Waals surface area contributed by atoms with Crippen molar-refractivity contribution in [1.82, 2.24) is 4.90 Å². The number of nitrogens with zero attached hydrogens (tertiary/aromatic N) is 1. The van der Waals surface area contributed by atoms with Crippen LogP contribution in [0.3, 0.4) is 0 Å². The van der Waals surface area contributed by atoms with Crippen LogP contribution in [0.4, 0.5) is 4.39 Å². The molecule has 0 saturated heterocycles. The summed E-state index contributed by atoms with van der Waals surface area (Å²) in [7, 11) is 1.98. The number of halogens is 1. The molecule has 0 aliphatic carbocycles. The highest BCUT2D eigenvalue weighted by molar-refractivity contribution is 5.24. The number of likely N-dealkylation sites (N-methyl/N-ethyl adjacent to an activating group) is 1. The first-order valence-corrected chi connectivity index (χ1v) is 7.21. The Hall–Kier alpha value is -1.71. The minimum Gasteiger partial charge on any atom is -0.321 e. The summed E-state index contributed by atoms with van der Waals surface area (Å²) in [5.41, 5.74) is 7.76. The monoisotopic (exact) mass is 286 g/mol. The normalized spacial score (nSPS) is 15.7. The Morgan fingerprint density at radius 2 is 1.67 bits per heavy atom. The van der Waals surface area contributed by atoms with Crippen LogP contribution in [-0.2, 0) is 5.54 Å². The minimum absolute atomic E-state index is 0.0298. The van der Waals surface area contributed by atoms with Gasteiger partial charge in [-0.05, 0) is 32.5 Å². The van der Waals surface area contributed by atoms with Crippen molar-refractivity contribution in [2.75, 3.05) is 13.6 Å². The predicted molar refractivity (Wildman–Crippen MR) is 85.4 cm³/mol. The molecule has 2 atom stereocenters. The van der Waals surface area contributed by atoms with E-state index >= 15 is 0 Å². The zero-order chi connectivity index (χ0) is 15.5. The fraction of sp³-hybridized carbons (Fsp3) is 0.333. The van der Waals surface area contributed by atoms with Crippen molar-refractivity contribution in [3.8, 4) is 0 Å². The first-order valence-electron chi connectivity index (χ1n) is 7.21. The van der Waals surface area contributed by atoms with Gasteiger partial charge in [0.1, 0.15) is 5.82 Å². The van der Waals surface area contributed by atoms with Crippen LogP contribution in [0.2, 0.25) is 0 Å². The van der Waals surface area contributed by atoms with Gasteiger partial charge in [0, 0.05) is 18.2 Å². The van der Waals surface area contributed by atoms with Crippen LogP contribution in [0, 0.1) is 5.82 Å². The lowest BCUT2D eigenvalue weighted by Crippen LogP contribution is -2.44. The van der Waals surface area contributed by atoms with E-state index in [9.17, 15) is 4.39 Å². The van der Waals surface area contributed by atoms with Crippen molar-refractivity contribution in [3.05, 3.63) is 71.5 Å². The molecule has 0 aliphatic heterocycles. The molecule has 0 spiro atoms. The second-order valence-electron chi connectivity index (χ2n) is 5.90. The summed E-state index contributed by atoms with van der Waals surface area (Å²) in [4.78, 5) is 2.09. The summed E-state index contributed by atoms with van der Waals surface area (Å²) in [5, 5.41) is 0. The summed E-state index contributed by atoms with van der Waals surface area (Å²) >= 11 is 0. The van der Waals surface area contributed by atoms with Crippen molar-refractivity contribution in [2.45, 2.75) is 25.4 Å². The van der Waals surface area contributed by atoms with Gasteiger partial charge < -0.3 is 5.73 Å². The third-order valence-corrected chi connectivity index (χ3v) is 4.03. The van der Waals surface area contributed by atoms with Crippen LogP contribution < -0.4 is 5.73 Å². The van der Waals surface area contributed by atoms with Crippen LogP contribution in [0.5, 0.6) is 0 Å². The molecule has 0 fully saturated rings. The number of hydrogen-bond donors (Lipinski definition) is 1. The molecule has 2 nitrogen and oxygen atoms in total. The van der Waals surface area contributed by atoms with Crippen LogP contribution in [0.25, 0.3) is 0 Å². The number of rotatable bonds is 5. The first-order chi connectivity index (χ1) is 9.92. The number of nitrogens with two attached hydrogens (primary N) is 1. The standard InChI is InChI=1S/C18H23FN2/c1-14(16-11-7-8-12-17(16)19)21(3)13-18(2,20)15-9-5-4-6-10-15/h4-12,14H,13,20H2,1-3H3. The molecule has 112 valence electrons. The van der Waals surface area contributed by atoms with E-state index in [2.05, 4.69) is 4.90 Å². The molecular formula is C18H23FN2. The maximum Gasteiger partial charge on any atom is 0.127 e. The van der Waals surface area contributed by atoms with Gasteiger partial charge >= 0.3 is 0 Å². The highest BCUT2D eigenvalue weighted by Crippen LogP contribution is 2.25. The summed E-state index contributed by atoms with van der Waals surface area (Å²) in [6.45, 7) is 4.65. The van der Waals surface area contributed by atoms with E-state index in [0.717, 1.165) is 5.56 Å². The minimum atomic E-state index is -0.477. The molecule has 3 heteroatoms. The van der Waals surface area contributed by atoms with Gasteiger partial charge in [0.25, 0.3) is 0 Å². The summed E-state index contributed by atoms with van der Waals surface area (Å²) in [6, 6.07) is 16.9. The third kappa shape index (κ3) is 3.69. The lowest BCUT2D eigenvalue weighted by atomic mass is 9.92. The first kappa shape index (κ1) is 15.7. The fourth-order valence-corrected chi connectivity index (χ4v) is 2.62. The lowest BCUT2D eigenvalue weighted by molar-refractivity contribution is 0.204. The highest BCUT2D eigenvalue weighted by Gasteiger charge is 2.26. The summed E-state index contributed by atoms with van der Waals surface area (Å²) in [6.07, 6.45) is 0. The molecule has 0 heterocycles. The Kier molecular flexibility index (Phi) is 4.76. The Morgan fingerprint density at radius 1 is 1.10 bits per heavy atom. The zero-order valence-electron chi connectivity index (χ0n) is 12.9. The fourth-order valence-electron chi connectivity index (χ4n) is 2.62. The van der Waals surface area contributed by atoms with Gasteiger partial charge in [-0.25, -0.2) is 4.39 Å².